The zero-order valence-electron chi connectivity index (χ0n) is 8.54. The number of aromatic nitrogens is 2. The summed E-state index contributed by atoms with van der Waals surface area (Å²) in [5.74, 6) is 0.318. The van der Waals surface area contributed by atoms with Crippen LogP contribution in [0.1, 0.15) is 25.6 Å². The SMILES string of the molecule is CC(C)c1nc2cc(F)ccc2c(=O)[nH]1. The molecule has 0 saturated heterocycles. The first-order valence-corrected chi connectivity index (χ1v) is 4.77. The summed E-state index contributed by atoms with van der Waals surface area (Å²) >= 11 is 0. The Balaban J connectivity index is 2.80. The fourth-order valence-corrected chi connectivity index (χ4v) is 1.40. The molecule has 4 heteroatoms. The van der Waals surface area contributed by atoms with Crippen LogP contribution >= 0.6 is 0 Å². The average Bonchev–Trinajstić information content (AvgIpc) is 2.16. The Bertz CT molecular complexity index is 560. The lowest BCUT2D eigenvalue weighted by Crippen LogP contribution is -2.12. The Kier molecular flexibility index (Phi) is 2.26. The van der Waals surface area contributed by atoms with Crippen molar-refractivity contribution in [2.24, 2.45) is 0 Å². The van der Waals surface area contributed by atoms with Crippen LogP contribution in [-0.2, 0) is 0 Å². The third-order valence-corrected chi connectivity index (χ3v) is 2.23. The van der Waals surface area contributed by atoms with Gasteiger partial charge in [0.25, 0.3) is 5.56 Å². The molecule has 0 saturated carbocycles. The predicted octanol–water partition coefficient (Wildman–Crippen LogP) is 2.19. The summed E-state index contributed by atoms with van der Waals surface area (Å²) in [5.41, 5.74) is 0.186. The summed E-state index contributed by atoms with van der Waals surface area (Å²) in [6.07, 6.45) is 0. The standard InChI is InChI=1S/C11H11FN2O/c1-6(2)10-13-9-5-7(12)3-4-8(9)11(15)14-10/h3-6H,1-2H3,(H,13,14,15). The second kappa shape index (κ2) is 3.46. The summed E-state index contributed by atoms with van der Waals surface area (Å²) in [5, 5.41) is 0.417. The smallest absolute Gasteiger partial charge is 0.258 e. The zero-order chi connectivity index (χ0) is 11.0. The Morgan fingerprint density at radius 3 is 2.80 bits per heavy atom. The third kappa shape index (κ3) is 1.75. The Labute approximate surface area is 86.0 Å². The minimum Gasteiger partial charge on any atom is -0.310 e. The molecule has 0 aliphatic carbocycles. The van der Waals surface area contributed by atoms with Gasteiger partial charge in [0, 0.05) is 12.0 Å². The average molecular weight is 206 g/mol. The van der Waals surface area contributed by atoms with Gasteiger partial charge in [-0.05, 0) is 12.1 Å². The van der Waals surface area contributed by atoms with Gasteiger partial charge in [0.15, 0.2) is 0 Å². The van der Waals surface area contributed by atoms with Gasteiger partial charge >= 0.3 is 0 Å². The molecule has 1 heterocycles. The molecular formula is C11H11FN2O. The minimum atomic E-state index is -0.379. The molecular weight excluding hydrogens is 195 g/mol. The number of nitrogens with zero attached hydrogens (tertiary/aromatic N) is 1. The van der Waals surface area contributed by atoms with E-state index in [1.807, 2.05) is 13.8 Å². The van der Waals surface area contributed by atoms with E-state index in [0.717, 1.165) is 0 Å². The molecule has 2 aromatic rings. The van der Waals surface area contributed by atoms with Crippen molar-refractivity contribution >= 4 is 10.9 Å². The van der Waals surface area contributed by atoms with Gasteiger partial charge in [-0.25, -0.2) is 9.37 Å². The van der Waals surface area contributed by atoms with E-state index >= 15 is 0 Å². The maximum atomic E-state index is 12.9. The van der Waals surface area contributed by atoms with E-state index in [-0.39, 0.29) is 17.3 Å². The fourth-order valence-electron chi connectivity index (χ4n) is 1.40. The van der Waals surface area contributed by atoms with Gasteiger partial charge in [0.1, 0.15) is 11.6 Å². The van der Waals surface area contributed by atoms with E-state index < -0.39 is 0 Å². The van der Waals surface area contributed by atoms with E-state index in [1.165, 1.54) is 18.2 Å². The minimum absolute atomic E-state index is 0.116. The summed E-state index contributed by atoms with van der Waals surface area (Å²) in [6, 6.07) is 3.98. The lowest BCUT2D eigenvalue weighted by atomic mass is 10.2. The van der Waals surface area contributed by atoms with E-state index in [4.69, 9.17) is 0 Å². The van der Waals surface area contributed by atoms with E-state index in [2.05, 4.69) is 9.97 Å². The maximum absolute atomic E-state index is 12.9. The van der Waals surface area contributed by atoms with Crippen LogP contribution < -0.4 is 5.56 Å². The number of H-pyrrole nitrogens is 1. The van der Waals surface area contributed by atoms with Gasteiger partial charge in [-0.15, -0.1) is 0 Å². The highest BCUT2D eigenvalue weighted by Gasteiger charge is 2.07. The number of hydrogen-bond acceptors (Lipinski definition) is 2. The van der Waals surface area contributed by atoms with Crippen molar-refractivity contribution in [2.75, 3.05) is 0 Å². The number of aromatic amines is 1. The van der Waals surface area contributed by atoms with Gasteiger partial charge in [0.05, 0.1) is 10.9 Å². The van der Waals surface area contributed by atoms with Gasteiger partial charge in [-0.2, -0.15) is 0 Å². The Morgan fingerprint density at radius 2 is 2.13 bits per heavy atom. The van der Waals surface area contributed by atoms with Gasteiger partial charge in [-0.1, -0.05) is 13.8 Å². The first-order chi connectivity index (χ1) is 7.08. The molecule has 0 spiro atoms. The highest BCUT2D eigenvalue weighted by atomic mass is 19.1. The molecule has 1 aromatic carbocycles. The molecule has 0 unspecified atom stereocenters. The molecule has 0 bridgehead atoms. The molecule has 3 nitrogen and oxygen atoms in total. The molecule has 0 aliphatic heterocycles. The van der Waals surface area contributed by atoms with Crippen LogP contribution in [-0.4, -0.2) is 9.97 Å². The second-order valence-electron chi connectivity index (χ2n) is 3.77. The first-order valence-electron chi connectivity index (χ1n) is 4.77. The van der Waals surface area contributed by atoms with E-state index in [0.29, 0.717) is 16.7 Å². The lowest BCUT2D eigenvalue weighted by molar-refractivity contribution is 0.629. The highest BCUT2D eigenvalue weighted by molar-refractivity contribution is 5.77. The molecule has 15 heavy (non-hydrogen) atoms. The highest BCUT2D eigenvalue weighted by Crippen LogP contribution is 2.12. The van der Waals surface area contributed by atoms with Crippen molar-refractivity contribution in [1.82, 2.24) is 9.97 Å². The van der Waals surface area contributed by atoms with Crippen LogP contribution in [0.25, 0.3) is 10.9 Å². The Morgan fingerprint density at radius 1 is 1.40 bits per heavy atom. The number of halogens is 1. The topological polar surface area (TPSA) is 45.8 Å². The molecule has 0 fully saturated rings. The first kappa shape index (κ1) is 9.83. The molecule has 2 rings (SSSR count). The second-order valence-corrected chi connectivity index (χ2v) is 3.77. The number of hydrogen-bond donors (Lipinski definition) is 1. The Hall–Kier alpha value is -1.71. The molecule has 0 amide bonds. The molecule has 0 aliphatic rings. The van der Waals surface area contributed by atoms with Crippen LogP contribution in [0, 0.1) is 5.82 Å². The van der Waals surface area contributed by atoms with Crippen LogP contribution in [0.5, 0.6) is 0 Å². The van der Waals surface area contributed by atoms with Crippen molar-refractivity contribution < 1.29 is 4.39 Å². The van der Waals surface area contributed by atoms with Gasteiger partial charge < -0.3 is 4.98 Å². The lowest BCUT2D eigenvalue weighted by Gasteiger charge is -2.05. The van der Waals surface area contributed by atoms with Crippen molar-refractivity contribution in [3.63, 3.8) is 0 Å². The third-order valence-electron chi connectivity index (χ3n) is 2.23. The number of fused-ring (bicyclic) bond motifs is 1. The number of nitrogens with one attached hydrogen (secondary N) is 1. The van der Waals surface area contributed by atoms with Crippen molar-refractivity contribution in [2.45, 2.75) is 19.8 Å². The van der Waals surface area contributed by atoms with Gasteiger partial charge in [-0.3, -0.25) is 4.79 Å². The molecule has 1 aromatic heterocycles. The maximum Gasteiger partial charge on any atom is 0.258 e. The van der Waals surface area contributed by atoms with E-state index in [9.17, 15) is 9.18 Å². The van der Waals surface area contributed by atoms with E-state index in [1.54, 1.807) is 0 Å². The van der Waals surface area contributed by atoms with Crippen LogP contribution in [0.15, 0.2) is 23.0 Å². The molecule has 78 valence electrons. The monoisotopic (exact) mass is 206 g/mol. The summed E-state index contributed by atoms with van der Waals surface area (Å²) < 4.78 is 12.9. The molecule has 0 atom stereocenters. The van der Waals surface area contributed by atoms with Gasteiger partial charge in [0.2, 0.25) is 0 Å². The summed E-state index contributed by atoms with van der Waals surface area (Å²) in [6.45, 7) is 3.84. The number of rotatable bonds is 1. The van der Waals surface area contributed by atoms with Crippen molar-refractivity contribution in [3.05, 3.63) is 40.2 Å². The fraction of sp³-hybridized carbons (Fsp3) is 0.273. The largest absolute Gasteiger partial charge is 0.310 e. The van der Waals surface area contributed by atoms with Crippen LogP contribution in [0.2, 0.25) is 0 Å². The van der Waals surface area contributed by atoms with Crippen molar-refractivity contribution in [1.29, 1.82) is 0 Å². The predicted molar refractivity (Wildman–Crippen MR) is 56.4 cm³/mol. The van der Waals surface area contributed by atoms with Crippen molar-refractivity contribution in [3.8, 4) is 0 Å². The number of benzene rings is 1. The summed E-state index contributed by atoms with van der Waals surface area (Å²) in [7, 11) is 0. The quantitative estimate of drug-likeness (QED) is 0.777. The molecule has 0 radical (unpaired) electrons. The summed E-state index contributed by atoms with van der Waals surface area (Å²) in [4.78, 5) is 18.5. The normalized spacial score (nSPS) is 11.2. The zero-order valence-corrected chi connectivity index (χ0v) is 8.54. The van der Waals surface area contributed by atoms with Crippen LogP contribution in [0.4, 0.5) is 4.39 Å². The van der Waals surface area contributed by atoms with Crippen LogP contribution in [0.3, 0.4) is 0 Å². The molecule has 1 N–H and O–H groups in total.